The summed E-state index contributed by atoms with van der Waals surface area (Å²) in [6.45, 7) is 5.29. The van der Waals surface area contributed by atoms with Gasteiger partial charge in [0.15, 0.2) is 6.29 Å². The van der Waals surface area contributed by atoms with Gasteiger partial charge in [0.05, 0.1) is 33.0 Å². The molecule has 1 N–H and O–H groups in total. The molecule has 0 bridgehead atoms. The van der Waals surface area contributed by atoms with E-state index in [-0.39, 0.29) is 13.2 Å². The van der Waals surface area contributed by atoms with Crippen LogP contribution in [-0.4, -0.2) is 49.0 Å². The van der Waals surface area contributed by atoms with Crippen LogP contribution in [0, 0.1) is 0 Å². The molecule has 5 atom stereocenters. The molecule has 1 fully saturated rings. The minimum Gasteiger partial charge on any atom is -0.385 e. The van der Waals surface area contributed by atoms with Crippen LogP contribution in [0.3, 0.4) is 0 Å². The lowest BCUT2D eigenvalue weighted by atomic mass is 9.98. The predicted molar refractivity (Wildman–Crippen MR) is 137 cm³/mol. The Morgan fingerprint density at radius 3 is 1.72 bits per heavy atom. The first-order valence-electron chi connectivity index (χ1n) is 12.2. The molecule has 0 radical (unpaired) electrons. The minimum atomic E-state index is -1.06. The smallest absolute Gasteiger partial charge is 0.187 e. The van der Waals surface area contributed by atoms with Gasteiger partial charge in [0, 0.05) is 0 Å². The van der Waals surface area contributed by atoms with E-state index in [1.807, 2.05) is 91.0 Å². The second kappa shape index (κ2) is 14.0. The quantitative estimate of drug-likeness (QED) is 0.352. The molecule has 0 unspecified atom stereocenters. The standard InChI is InChI=1S/C30H34O6/c1-2-18-33-30-27(31)29(35-21-25-16-10-5-11-17-25)28(34-20-24-14-8-4-9-15-24)26(36-30)22-32-19-23-12-6-3-7-13-23/h2-17,26-31H,1,18-22H2/t26-,27+,28-,29-,30-/m1/s1. The number of aliphatic hydroxyl groups excluding tert-OH is 1. The zero-order chi connectivity index (χ0) is 25.0. The molecule has 0 aliphatic carbocycles. The average Bonchev–Trinajstić information content (AvgIpc) is 2.93. The topological polar surface area (TPSA) is 66.4 Å². The molecule has 0 spiro atoms. The number of ether oxygens (including phenoxy) is 5. The van der Waals surface area contributed by atoms with Crippen molar-refractivity contribution in [3.05, 3.63) is 120 Å². The van der Waals surface area contributed by atoms with E-state index in [2.05, 4.69) is 6.58 Å². The van der Waals surface area contributed by atoms with Crippen LogP contribution in [0.1, 0.15) is 16.7 Å². The Kier molecular flexibility index (Phi) is 10.2. The first-order valence-corrected chi connectivity index (χ1v) is 12.2. The Balaban J connectivity index is 1.51. The van der Waals surface area contributed by atoms with Crippen molar-refractivity contribution in [3.63, 3.8) is 0 Å². The lowest BCUT2D eigenvalue weighted by Crippen LogP contribution is -2.61. The van der Waals surface area contributed by atoms with Crippen LogP contribution >= 0.6 is 0 Å². The van der Waals surface area contributed by atoms with E-state index in [1.54, 1.807) is 6.08 Å². The first-order chi connectivity index (χ1) is 17.7. The van der Waals surface area contributed by atoms with Gasteiger partial charge in [-0.2, -0.15) is 0 Å². The molecular formula is C30H34O6. The number of rotatable bonds is 13. The number of hydrogen-bond acceptors (Lipinski definition) is 6. The molecule has 36 heavy (non-hydrogen) atoms. The third-order valence-electron chi connectivity index (χ3n) is 5.96. The molecule has 0 aromatic heterocycles. The molecule has 4 rings (SSSR count). The van der Waals surface area contributed by atoms with Gasteiger partial charge in [-0.1, -0.05) is 97.1 Å². The molecule has 1 aliphatic rings. The van der Waals surface area contributed by atoms with E-state index in [1.165, 1.54) is 0 Å². The summed E-state index contributed by atoms with van der Waals surface area (Å²) >= 11 is 0. The van der Waals surface area contributed by atoms with Crippen molar-refractivity contribution in [3.8, 4) is 0 Å². The van der Waals surface area contributed by atoms with E-state index >= 15 is 0 Å². The molecular weight excluding hydrogens is 456 g/mol. The van der Waals surface area contributed by atoms with Crippen LogP contribution < -0.4 is 0 Å². The summed E-state index contributed by atoms with van der Waals surface area (Å²) in [6, 6.07) is 29.7. The summed E-state index contributed by atoms with van der Waals surface area (Å²) < 4.78 is 30.6. The van der Waals surface area contributed by atoms with Crippen LogP contribution in [0.5, 0.6) is 0 Å². The largest absolute Gasteiger partial charge is 0.385 e. The SMILES string of the molecule is C=CCO[C@@H]1O[C@H](COCc2ccccc2)[C@@H](OCc2ccccc2)[C@H](OCc2ccccc2)[C@@H]1O. The Labute approximate surface area is 213 Å². The van der Waals surface area contributed by atoms with Gasteiger partial charge in [0.1, 0.15) is 24.4 Å². The Morgan fingerprint density at radius 2 is 1.19 bits per heavy atom. The molecule has 3 aromatic rings. The third kappa shape index (κ3) is 7.58. The molecule has 190 valence electrons. The summed E-state index contributed by atoms with van der Waals surface area (Å²) in [5.74, 6) is 0. The van der Waals surface area contributed by atoms with E-state index in [4.69, 9.17) is 23.7 Å². The van der Waals surface area contributed by atoms with Crippen LogP contribution in [-0.2, 0) is 43.5 Å². The van der Waals surface area contributed by atoms with Crippen LogP contribution in [0.2, 0.25) is 0 Å². The second-order valence-corrected chi connectivity index (χ2v) is 8.68. The van der Waals surface area contributed by atoms with Crippen molar-refractivity contribution < 1.29 is 28.8 Å². The van der Waals surface area contributed by atoms with Gasteiger partial charge >= 0.3 is 0 Å². The first kappa shape index (κ1) is 26.2. The van der Waals surface area contributed by atoms with Crippen molar-refractivity contribution in [2.45, 2.75) is 50.5 Å². The summed E-state index contributed by atoms with van der Waals surface area (Å²) in [7, 11) is 0. The van der Waals surface area contributed by atoms with Crippen molar-refractivity contribution in [1.82, 2.24) is 0 Å². The Hall–Kier alpha value is -2.84. The maximum Gasteiger partial charge on any atom is 0.187 e. The fourth-order valence-electron chi connectivity index (χ4n) is 4.12. The highest BCUT2D eigenvalue weighted by Crippen LogP contribution is 2.29. The molecule has 6 heteroatoms. The average molecular weight is 491 g/mol. The molecule has 1 aliphatic heterocycles. The summed E-state index contributed by atoms with van der Waals surface area (Å²) in [5, 5.41) is 11.2. The zero-order valence-electron chi connectivity index (χ0n) is 20.4. The lowest BCUT2D eigenvalue weighted by Gasteiger charge is -2.44. The number of benzene rings is 3. The summed E-state index contributed by atoms with van der Waals surface area (Å²) in [5.41, 5.74) is 3.08. The van der Waals surface area contributed by atoms with Crippen molar-refractivity contribution in [2.75, 3.05) is 13.2 Å². The van der Waals surface area contributed by atoms with Gasteiger partial charge in [-0.15, -0.1) is 6.58 Å². The highest BCUT2D eigenvalue weighted by Gasteiger charge is 2.47. The highest BCUT2D eigenvalue weighted by atomic mass is 16.7. The van der Waals surface area contributed by atoms with E-state index in [0.29, 0.717) is 19.8 Å². The van der Waals surface area contributed by atoms with Crippen LogP contribution in [0.15, 0.2) is 104 Å². The fourth-order valence-corrected chi connectivity index (χ4v) is 4.12. The summed E-state index contributed by atoms with van der Waals surface area (Å²) in [6.07, 6.45) is -2.12. The number of aliphatic hydroxyl groups is 1. The lowest BCUT2D eigenvalue weighted by molar-refractivity contribution is -0.316. The molecule has 6 nitrogen and oxygen atoms in total. The van der Waals surface area contributed by atoms with Gasteiger partial charge < -0.3 is 28.8 Å². The number of hydrogen-bond donors (Lipinski definition) is 1. The maximum absolute atomic E-state index is 11.2. The Bertz CT molecular complexity index is 1010. The highest BCUT2D eigenvalue weighted by molar-refractivity contribution is 5.15. The van der Waals surface area contributed by atoms with Crippen LogP contribution in [0.4, 0.5) is 0 Å². The van der Waals surface area contributed by atoms with Crippen molar-refractivity contribution in [2.24, 2.45) is 0 Å². The second-order valence-electron chi connectivity index (χ2n) is 8.68. The molecule has 0 amide bonds. The molecule has 3 aromatic carbocycles. The van der Waals surface area contributed by atoms with Gasteiger partial charge in [-0.05, 0) is 16.7 Å². The van der Waals surface area contributed by atoms with Crippen LogP contribution in [0.25, 0.3) is 0 Å². The third-order valence-corrected chi connectivity index (χ3v) is 5.96. The van der Waals surface area contributed by atoms with Crippen molar-refractivity contribution in [1.29, 1.82) is 0 Å². The van der Waals surface area contributed by atoms with E-state index in [9.17, 15) is 5.11 Å². The molecule has 0 saturated carbocycles. The monoisotopic (exact) mass is 490 g/mol. The fraction of sp³-hybridized carbons (Fsp3) is 0.333. The minimum absolute atomic E-state index is 0.236. The molecule has 1 heterocycles. The van der Waals surface area contributed by atoms with Gasteiger partial charge in [0.2, 0.25) is 0 Å². The predicted octanol–water partition coefficient (Wildman–Crippen LogP) is 4.66. The van der Waals surface area contributed by atoms with Gasteiger partial charge in [0.25, 0.3) is 0 Å². The van der Waals surface area contributed by atoms with E-state index < -0.39 is 30.7 Å². The maximum atomic E-state index is 11.2. The summed E-state index contributed by atoms with van der Waals surface area (Å²) in [4.78, 5) is 0. The molecule has 1 saturated heterocycles. The normalized spacial score (nSPS) is 23.9. The van der Waals surface area contributed by atoms with Gasteiger partial charge in [-0.25, -0.2) is 0 Å². The Morgan fingerprint density at radius 1 is 0.694 bits per heavy atom. The van der Waals surface area contributed by atoms with E-state index in [0.717, 1.165) is 16.7 Å². The van der Waals surface area contributed by atoms with Crippen molar-refractivity contribution >= 4 is 0 Å². The zero-order valence-corrected chi connectivity index (χ0v) is 20.4. The van der Waals surface area contributed by atoms with Gasteiger partial charge in [-0.3, -0.25) is 0 Å².